The first kappa shape index (κ1) is 13.3. The lowest BCUT2D eigenvalue weighted by molar-refractivity contribution is 0.549. The number of aromatic nitrogens is 3. The molecule has 1 aromatic heterocycles. The maximum absolute atomic E-state index is 5.55. The molecule has 0 bridgehead atoms. The molecular weight excluding hydrogens is 248 g/mol. The van der Waals surface area contributed by atoms with E-state index in [4.69, 9.17) is 5.73 Å². The van der Waals surface area contributed by atoms with E-state index in [1.54, 1.807) is 0 Å². The van der Waals surface area contributed by atoms with Crippen molar-refractivity contribution in [3.8, 4) is 11.3 Å². The highest BCUT2D eigenvalue weighted by Gasteiger charge is 2.12. The van der Waals surface area contributed by atoms with Gasteiger partial charge in [0.25, 0.3) is 0 Å². The molecule has 0 atom stereocenters. The molecule has 1 aliphatic carbocycles. The van der Waals surface area contributed by atoms with Gasteiger partial charge in [-0.3, -0.25) is 0 Å². The highest BCUT2D eigenvalue weighted by Crippen LogP contribution is 2.27. The van der Waals surface area contributed by atoms with Crippen LogP contribution in [0.15, 0.2) is 24.4 Å². The molecule has 106 valence electrons. The number of benzene rings is 1. The molecule has 0 radical (unpaired) electrons. The number of nitrogens with two attached hydrogens (primary N) is 1. The Bertz CT molecular complexity index is 574. The Balaban J connectivity index is 1.84. The number of rotatable bonds is 5. The fraction of sp³-hybridized carbons (Fsp3) is 0.500. The predicted octanol–water partition coefficient (Wildman–Crippen LogP) is 2.56. The molecule has 4 nitrogen and oxygen atoms in total. The quantitative estimate of drug-likeness (QED) is 0.849. The number of unbranched alkanes of at least 4 members (excludes halogenated alkanes) is 1. The fourth-order valence-corrected chi connectivity index (χ4v) is 2.95. The Morgan fingerprint density at radius 2 is 1.95 bits per heavy atom. The summed E-state index contributed by atoms with van der Waals surface area (Å²) in [5.41, 5.74) is 10.9. The molecule has 0 amide bonds. The predicted molar refractivity (Wildman–Crippen MR) is 80.4 cm³/mol. The van der Waals surface area contributed by atoms with Crippen LogP contribution in [0.2, 0.25) is 0 Å². The van der Waals surface area contributed by atoms with Crippen LogP contribution >= 0.6 is 0 Å². The van der Waals surface area contributed by atoms with Crippen molar-refractivity contribution in [2.24, 2.45) is 5.73 Å². The Labute approximate surface area is 120 Å². The molecule has 20 heavy (non-hydrogen) atoms. The second-order valence-electron chi connectivity index (χ2n) is 5.53. The van der Waals surface area contributed by atoms with Crippen LogP contribution < -0.4 is 5.73 Å². The third-order valence-corrected chi connectivity index (χ3v) is 4.09. The summed E-state index contributed by atoms with van der Waals surface area (Å²) in [4.78, 5) is 0. The van der Waals surface area contributed by atoms with E-state index in [0.717, 1.165) is 31.6 Å². The van der Waals surface area contributed by atoms with Crippen molar-refractivity contribution in [1.82, 2.24) is 15.0 Å². The van der Waals surface area contributed by atoms with Crippen LogP contribution in [-0.2, 0) is 19.4 Å². The molecule has 1 aliphatic rings. The molecule has 0 saturated heterocycles. The van der Waals surface area contributed by atoms with Gasteiger partial charge in [0.2, 0.25) is 0 Å². The number of hydrogen-bond donors (Lipinski definition) is 1. The SMILES string of the molecule is NCCCCn1nncc1-c1ccc2c(c1)CCCC2. The van der Waals surface area contributed by atoms with Gasteiger partial charge in [-0.05, 0) is 62.3 Å². The summed E-state index contributed by atoms with van der Waals surface area (Å²) in [5.74, 6) is 0. The van der Waals surface area contributed by atoms with Gasteiger partial charge in [0.15, 0.2) is 0 Å². The summed E-state index contributed by atoms with van der Waals surface area (Å²) >= 11 is 0. The zero-order chi connectivity index (χ0) is 13.8. The summed E-state index contributed by atoms with van der Waals surface area (Å²) in [5, 5.41) is 8.27. The van der Waals surface area contributed by atoms with Crippen molar-refractivity contribution in [3.05, 3.63) is 35.5 Å². The highest BCUT2D eigenvalue weighted by molar-refractivity contribution is 5.60. The van der Waals surface area contributed by atoms with Crippen molar-refractivity contribution >= 4 is 0 Å². The zero-order valence-corrected chi connectivity index (χ0v) is 11.9. The van der Waals surface area contributed by atoms with Crippen LogP contribution in [0.3, 0.4) is 0 Å². The van der Waals surface area contributed by atoms with Gasteiger partial charge in [-0.2, -0.15) is 0 Å². The normalized spacial score (nSPS) is 14.2. The molecule has 3 rings (SSSR count). The second kappa shape index (κ2) is 6.18. The molecule has 1 heterocycles. The molecule has 2 aromatic rings. The lowest BCUT2D eigenvalue weighted by atomic mass is 9.90. The first-order chi connectivity index (χ1) is 9.88. The first-order valence-corrected chi connectivity index (χ1v) is 7.59. The molecule has 0 spiro atoms. The van der Waals surface area contributed by atoms with Crippen molar-refractivity contribution in [2.75, 3.05) is 6.54 Å². The van der Waals surface area contributed by atoms with Gasteiger partial charge in [0, 0.05) is 12.1 Å². The molecule has 1 aromatic carbocycles. The highest BCUT2D eigenvalue weighted by atomic mass is 15.4. The van der Waals surface area contributed by atoms with E-state index < -0.39 is 0 Å². The third kappa shape index (κ3) is 2.75. The van der Waals surface area contributed by atoms with Crippen molar-refractivity contribution in [2.45, 2.75) is 45.1 Å². The van der Waals surface area contributed by atoms with Gasteiger partial charge in [-0.25, -0.2) is 4.68 Å². The Hall–Kier alpha value is -1.68. The van der Waals surface area contributed by atoms with Crippen LogP contribution in [0.4, 0.5) is 0 Å². The summed E-state index contributed by atoms with van der Waals surface area (Å²) in [7, 11) is 0. The number of aryl methyl sites for hydroxylation is 3. The standard InChI is InChI=1S/C16H22N4/c17-9-3-4-10-20-16(12-18-19-20)15-8-7-13-5-1-2-6-14(13)11-15/h7-8,11-12H,1-6,9-10,17H2. The van der Waals surface area contributed by atoms with Crippen LogP contribution in [-0.4, -0.2) is 21.5 Å². The number of hydrogen-bond acceptors (Lipinski definition) is 3. The van der Waals surface area contributed by atoms with Crippen LogP contribution in [0, 0.1) is 0 Å². The smallest absolute Gasteiger partial charge is 0.0885 e. The van der Waals surface area contributed by atoms with E-state index in [0.29, 0.717) is 0 Å². The topological polar surface area (TPSA) is 56.7 Å². The Morgan fingerprint density at radius 3 is 2.80 bits per heavy atom. The van der Waals surface area contributed by atoms with Gasteiger partial charge in [0.05, 0.1) is 11.9 Å². The van der Waals surface area contributed by atoms with Crippen LogP contribution in [0.5, 0.6) is 0 Å². The minimum Gasteiger partial charge on any atom is -0.330 e. The third-order valence-electron chi connectivity index (χ3n) is 4.09. The maximum atomic E-state index is 5.55. The largest absolute Gasteiger partial charge is 0.330 e. The van der Waals surface area contributed by atoms with Gasteiger partial charge >= 0.3 is 0 Å². The zero-order valence-electron chi connectivity index (χ0n) is 11.9. The molecule has 2 N–H and O–H groups in total. The molecule has 0 aliphatic heterocycles. The Kier molecular flexibility index (Phi) is 4.11. The summed E-state index contributed by atoms with van der Waals surface area (Å²) in [6.07, 6.45) is 9.02. The van der Waals surface area contributed by atoms with Gasteiger partial charge < -0.3 is 5.73 Å². The second-order valence-corrected chi connectivity index (χ2v) is 5.53. The lowest BCUT2D eigenvalue weighted by Crippen LogP contribution is -2.07. The minimum atomic E-state index is 0.739. The van der Waals surface area contributed by atoms with Crippen molar-refractivity contribution in [3.63, 3.8) is 0 Å². The van der Waals surface area contributed by atoms with Crippen LogP contribution in [0.25, 0.3) is 11.3 Å². The molecule has 0 saturated carbocycles. The average molecular weight is 270 g/mol. The van der Waals surface area contributed by atoms with Crippen molar-refractivity contribution in [1.29, 1.82) is 0 Å². The van der Waals surface area contributed by atoms with E-state index in [2.05, 4.69) is 28.5 Å². The van der Waals surface area contributed by atoms with Crippen molar-refractivity contribution < 1.29 is 0 Å². The van der Waals surface area contributed by atoms with Gasteiger partial charge in [0.1, 0.15) is 0 Å². The summed E-state index contributed by atoms with van der Waals surface area (Å²) < 4.78 is 2.00. The van der Waals surface area contributed by atoms with E-state index in [9.17, 15) is 0 Å². The summed E-state index contributed by atoms with van der Waals surface area (Å²) in [6.45, 7) is 1.63. The summed E-state index contributed by atoms with van der Waals surface area (Å²) in [6, 6.07) is 6.82. The average Bonchev–Trinajstić information content (AvgIpc) is 2.95. The lowest BCUT2D eigenvalue weighted by Gasteiger charge is -2.16. The van der Waals surface area contributed by atoms with E-state index in [-0.39, 0.29) is 0 Å². The van der Waals surface area contributed by atoms with Gasteiger partial charge in [-0.15, -0.1) is 5.10 Å². The van der Waals surface area contributed by atoms with E-state index in [1.165, 1.54) is 42.4 Å². The first-order valence-electron chi connectivity index (χ1n) is 7.59. The number of nitrogens with zero attached hydrogens (tertiary/aromatic N) is 3. The van der Waals surface area contributed by atoms with E-state index in [1.807, 2.05) is 10.9 Å². The molecular formula is C16H22N4. The van der Waals surface area contributed by atoms with Gasteiger partial charge in [-0.1, -0.05) is 17.3 Å². The van der Waals surface area contributed by atoms with E-state index >= 15 is 0 Å². The molecule has 4 heteroatoms. The van der Waals surface area contributed by atoms with Crippen LogP contribution in [0.1, 0.15) is 36.8 Å². The number of fused-ring (bicyclic) bond motifs is 1. The molecule has 0 fully saturated rings. The monoisotopic (exact) mass is 270 g/mol. The Morgan fingerprint density at radius 1 is 1.10 bits per heavy atom. The molecule has 0 unspecified atom stereocenters. The minimum absolute atomic E-state index is 0.739. The fourth-order valence-electron chi connectivity index (χ4n) is 2.95. The maximum Gasteiger partial charge on any atom is 0.0885 e.